The number of halogens is 1. The SMILES string of the molecule is Cl.OCCCNCc1cccs1. The summed E-state index contributed by atoms with van der Waals surface area (Å²) in [5, 5.41) is 13.8. The molecule has 0 saturated heterocycles. The normalized spacial score (nSPS) is 9.42. The minimum atomic E-state index is 0. The fraction of sp³-hybridized carbons (Fsp3) is 0.500. The minimum Gasteiger partial charge on any atom is -0.396 e. The lowest BCUT2D eigenvalue weighted by molar-refractivity contribution is 0.286. The summed E-state index contributed by atoms with van der Waals surface area (Å²) in [5.41, 5.74) is 0. The van der Waals surface area contributed by atoms with E-state index in [9.17, 15) is 0 Å². The van der Waals surface area contributed by atoms with Crippen molar-refractivity contribution in [3.63, 3.8) is 0 Å². The largest absolute Gasteiger partial charge is 0.396 e. The second-order valence-corrected chi connectivity index (χ2v) is 3.37. The third-order valence-corrected chi connectivity index (χ3v) is 2.27. The quantitative estimate of drug-likeness (QED) is 0.720. The maximum absolute atomic E-state index is 8.49. The summed E-state index contributed by atoms with van der Waals surface area (Å²) in [5.74, 6) is 0. The highest BCUT2D eigenvalue weighted by Gasteiger charge is 1.90. The molecule has 4 heteroatoms. The Morgan fingerprint density at radius 1 is 1.50 bits per heavy atom. The third kappa shape index (κ3) is 4.72. The van der Waals surface area contributed by atoms with Crippen molar-refractivity contribution >= 4 is 23.7 Å². The predicted molar refractivity (Wildman–Crippen MR) is 55.0 cm³/mol. The van der Waals surface area contributed by atoms with Gasteiger partial charge in [0.2, 0.25) is 0 Å². The summed E-state index contributed by atoms with van der Waals surface area (Å²) in [4.78, 5) is 1.35. The Bertz CT molecular complexity index is 179. The van der Waals surface area contributed by atoms with Crippen molar-refractivity contribution in [3.05, 3.63) is 22.4 Å². The Kier molecular flexibility index (Phi) is 7.50. The second-order valence-electron chi connectivity index (χ2n) is 2.33. The molecule has 0 aliphatic rings. The van der Waals surface area contributed by atoms with Crippen molar-refractivity contribution in [3.8, 4) is 0 Å². The van der Waals surface area contributed by atoms with Gasteiger partial charge >= 0.3 is 0 Å². The van der Waals surface area contributed by atoms with Gasteiger partial charge in [-0.3, -0.25) is 0 Å². The van der Waals surface area contributed by atoms with E-state index in [1.165, 1.54) is 4.88 Å². The minimum absolute atomic E-state index is 0. The van der Waals surface area contributed by atoms with Crippen LogP contribution < -0.4 is 5.32 Å². The van der Waals surface area contributed by atoms with Gasteiger partial charge in [-0.1, -0.05) is 6.07 Å². The molecule has 0 saturated carbocycles. The first-order valence-electron chi connectivity index (χ1n) is 3.77. The molecule has 0 spiro atoms. The molecule has 0 atom stereocenters. The first-order valence-corrected chi connectivity index (χ1v) is 4.65. The molecule has 1 rings (SSSR count). The van der Waals surface area contributed by atoms with E-state index in [1.54, 1.807) is 11.3 Å². The van der Waals surface area contributed by atoms with Crippen molar-refractivity contribution in [2.24, 2.45) is 0 Å². The molecule has 0 radical (unpaired) electrons. The van der Waals surface area contributed by atoms with E-state index in [2.05, 4.69) is 16.8 Å². The van der Waals surface area contributed by atoms with Crippen molar-refractivity contribution in [2.75, 3.05) is 13.2 Å². The lowest BCUT2D eigenvalue weighted by atomic mass is 10.4. The van der Waals surface area contributed by atoms with Crippen LogP contribution in [0.1, 0.15) is 11.3 Å². The molecule has 0 aliphatic carbocycles. The van der Waals surface area contributed by atoms with Crippen LogP contribution in [-0.4, -0.2) is 18.3 Å². The van der Waals surface area contributed by atoms with Gasteiger partial charge in [-0.25, -0.2) is 0 Å². The van der Waals surface area contributed by atoms with Crippen LogP contribution >= 0.6 is 23.7 Å². The number of hydrogen-bond donors (Lipinski definition) is 2. The summed E-state index contributed by atoms with van der Waals surface area (Å²) in [7, 11) is 0. The van der Waals surface area contributed by atoms with Crippen molar-refractivity contribution < 1.29 is 5.11 Å². The topological polar surface area (TPSA) is 32.3 Å². The first kappa shape index (κ1) is 11.9. The highest BCUT2D eigenvalue weighted by molar-refractivity contribution is 7.09. The van der Waals surface area contributed by atoms with Crippen LogP contribution in [0.4, 0.5) is 0 Å². The molecule has 0 aliphatic heterocycles. The van der Waals surface area contributed by atoms with Crippen LogP contribution in [0.5, 0.6) is 0 Å². The van der Waals surface area contributed by atoms with E-state index in [-0.39, 0.29) is 19.0 Å². The number of aliphatic hydroxyl groups excluding tert-OH is 1. The van der Waals surface area contributed by atoms with Gasteiger partial charge < -0.3 is 10.4 Å². The van der Waals surface area contributed by atoms with Crippen LogP contribution in [0, 0.1) is 0 Å². The molecule has 1 aromatic heterocycles. The molecular weight excluding hydrogens is 194 g/mol. The van der Waals surface area contributed by atoms with Crippen LogP contribution in [0.3, 0.4) is 0 Å². The molecule has 0 fully saturated rings. The first-order chi connectivity index (χ1) is 5.43. The Balaban J connectivity index is 0.00000121. The van der Waals surface area contributed by atoms with Gasteiger partial charge in [0.1, 0.15) is 0 Å². The third-order valence-electron chi connectivity index (χ3n) is 1.39. The molecule has 2 nitrogen and oxygen atoms in total. The monoisotopic (exact) mass is 207 g/mol. The lowest BCUT2D eigenvalue weighted by Gasteiger charge is -1.99. The molecule has 1 aromatic rings. The smallest absolute Gasteiger partial charge is 0.0443 e. The standard InChI is InChI=1S/C8H13NOS.ClH/c10-5-2-4-9-7-8-3-1-6-11-8;/h1,3,6,9-10H,2,4-5,7H2;1H. The summed E-state index contributed by atoms with van der Waals surface area (Å²) in [6.45, 7) is 2.10. The van der Waals surface area contributed by atoms with E-state index in [0.717, 1.165) is 19.5 Å². The zero-order valence-corrected chi connectivity index (χ0v) is 8.46. The van der Waals surface area contributed by atoms with Gasteiger partial charge in [0.25, 0.3) is 0 Å². The van der Waals surface area contributed by atoms with Crippen LogP contribution in [-0.2, 0) is 6.54 Å². The van der Waals surface area contributed by atoms with Crippen LogP contribution in [0.2, 0.25) is 0 Å². The van der Waals surface area contributed by atoms with E-state index in [4.69, 9.17) is 5.11 Å². The average Bonchev–Trinajstić information content (AvgIpc) is 2.50. The summed E-state index contributed by atoms with van der Waals surface area (Å²) in [6, 6.07) is 4.16. The molecule has 12 heavy (non-hydrogen) atoms. The van der Waals surface area contributed by atoms with Crippen LogP contribution in [0.15, 0.2) is 17.5 Å². The van der Waals surface area contributed by atoms with Gasteiger partial charge in [0, 0.05) is 18.0 Å². The van der Waals surface area contributed by atoms with E-state index >= 15 is 0 Å². The number of aliphatic hydroxyl groups is 1. The van der Waals surface area contributed by atoms with Crippen LogP contribution in [0.25, 0.3) is 0 Å². The van der Waals surface area contributed by atoms with E-state index in [1.807, 2.05) is 6.07 Å². The molecule has 0 aromatic carbocycles. The van der Waals surface area contributed by atoms with Gasteiger partial charge in [0.15, 0.2) is 0 Å². The second kappa shape index (κ2) is 7.55. The van der Waals surface area contributed by atoms with Crippen molar-refractivity contribution in [2.45, 2.75) is 13.0 Å². The van der Waals surface area contributed by atoms with Crippen molar-refractivity contribution in [1.29, 1.82) is 0 Å². The summed E-state index contributed by atoms with van der Waals surface area (Å²) < 4.78 is 0. The number of hydrogen-bond acceptors (Lipinski definition) is 3. The summed E-state index contributed by atoms with van der Waals surface area (Å²) >= 11 is 1.76. The maximum Gasteiger partial charge on any atom is 0.0443 e. The molecule has 2 N–H and O–H groups in total. The zero-order valence-electron chi connectivity index (χ0n) is 6.82. The fourth-order valence-electron chi connectivity index (χ4n) is 0.829. The Morgan fingerprint density at radius 3 is 2.92 bits per heavy atom. The van der Waals surface area contributed by atoms with Gasteiger partial charge in [-0.2, -0.15) is 0 Å². The average molecular weight is 208 g/mol. The molecule has 1 heterocycles. The zero-order chi connectivity index (χ0) is 7.94. The highest BCUT2D eigenvalue weighted by atomic mass is 35.5. The van der Waals surface area contributed by atoms with Gasteiger partial charge in [0.05, 0.1) is 0 Å². The molecular formula is C8H14ClNOS. The highest BCUT2D eigenvalue weighted by Crippen LogP contribution is 2.06. The lowest BCUT2D eigenvalue weighted by Crippen LogP contribution is -2.14. The molecule has 0 bridgehead atoms. The predicted octanol–water partition coefficient (Wildman–Crippen LogP) is 1.64. The fourth-order valence-corrected chi connectivity index (χ4v) is 1.50. The number of rotatable bonds is 5. The number of nitrogens with one attached hydrogen (secondary N) is 1. The Hall–Kier alpha value is -0.0900. The molecule has 0 unspecified atom stereocenters. The van der Waals surface area contributed by atoms with Gasteiger partial charge in [-0.05, 0) is 24.4 Å². The Morgan fingerprint density at radius 2 is 2.33 bits per heavy atom. The molecule has 70 valence electrons. The maximum atomic E-state index is 8.49. The number of thiophene rings is 1. The molecule has 0 amide bonds. The van der Waals surface area contributed by atoms with E-state index < -0.39 is 0 Å². The summed E-state index contributed by atoms with van der Waals surface area (Å²) in [6.07, 6.45) is 0.839. The van der Waals surface area contributed by atoms with Crippen molar-refractivity contribution in [1.82, 2.24) is 5.32 Å². The van der Waals surface area contributed by atoms with E-state index in [0.29, 0.717) is 0 Å². The Labute approximate surface area is 83.0 Å². The van der Waals surface area contributed by atoms with Gasteiger partial charge in [-0.15, -0.1) is 23.7 Å².